The van der Waals surface area contributed by atoms with E-state index in [0.29, 0.717) is 25.1 Å². The molecule has 0 saturated carbocycles. The first-order valence-electron chi connectivity index (χ1n) is 8.31. The number of hydrogen-bond donors (Lipinski definition) is 2. The van der Waals surface area contributed by atoms with Crippen LogP contribution in [0.2, 0.25) is 0 Å². The standard InChI is InChI=1S/C18H28N2O2/c1-3-5-7-8-17(21)20-14-15-9-11-16(12-10-15)18(22)19-13-6-4-2/h9-12H,3-8,13-14H2,1-2H3,(H,19,22)(H,20,21). The molecule has 0 aromatic heterocycles. The summed E-state index contributed by atoms with van der Waals surface area (Å²) in [7, 11) is 0. The minimum absolute atomic E-state index is 0.0383. The van der Waals surface area contributed by atoms with Crippen LogP contribution in [0.3, 0.4) is 0 Å². The lowest BCUT2D eigenvalue weighted by molar-refractivity contribution is -0.121. The normalized spacial score (nSPS) is 10.3. The number of hydrogen-bond acceptors (Lipinski definition) is 2. The molecule has 0 atom stereocenters. The molecule has 1 rings (SSSR count). The molecule has 0 aliphatic heterocycles. The molecule has 0 radical (unpaired) electrons. The van der Waals surface area contributed by atoms with E-state index in [2.05, 4.69) is 24.5 Å². The number of carbonyl (C=O) groups excluding carboxylic acids is 2. The first-order chi connectivity index (χ1) is 10.7. The van der Waals surface area contributed by atoms with Crippen molar-refractivity contribution in [3.63, 3.8) is 0 Å². The van der Waals surface area contributed by atoms with E-state index in [4.69, 9.17) is 0 Å². The average molecular weight is 304 g/mol. The second-order valence-electron chi connectivity index (χ2n) is 5.54. The van der Waals surface area contributed by atoms with Gasteiger partial charge in [0, 0.05) is 25.1 Å². The Morgan fingerprint density at radius 3 is 2.23 bits per heavy atom. The van der Waals surface area contributed by atoms with E-state index >= 15 is 0 Å². The maximum atomic E-state index is 11.9. The molecule has 0 unspecified atom stereocenters. The molecule has 1 aromatic carbocycles. The van der Waals surface area contributed by atoms with Crippen LogP contribution in [0.5, 0.6) is 0 Å². The fourth-order valence-corrected chi connectivity index (χ4v) is 2.08. The van der Waals surface area contributed by atoms with Crippen molar-refractivity contribution in [2.45, 2.75) is 58.9 Å². The van der Waals surface area contributed by atoms with E-state index in [-0.39, 0.29) is 11.8 Å². The van der Waals surface area contributed by atoms with Crippen molar-refractivity contribution in [3.8, 4) is 0 Å². The summed E-state index contributed by atoms with van der Waals surface area (Å²) in [6.45, 7) is 5.45. The molecule has 122 valence electrons. The zero-order valence-corrected chi connectivity index (χ0v) is 13.8. The monoisotopic (exact) mass is 304 g/mol. The van der Waals surface area contributed by atoms with Crippen LogP contribution in [-0.4, -0.2) is 18.4 Å². The summed E-state index contributed by atoms with van der Waals surface area (Å²) >= 11 is 0. The van der Waals surface area contributed by atoms with Crippen LogP contribution >= 0.6 is 0 Å². The fourth-order valence-electron chi connectivity index (χ4n) is 2.08. The first kappa shape index (κ1) is 18.2. The Balaban J connectivity index is 2.35. The predicted octanol–water partition coefficient (Wildman–Crippen LogP) is 3.41. The average Bonchev–Trinajstić information content (AvgIpc) is 2.54. The number of rotatable bonds is 10. The van der Waals surface area contributed by atoms with Gasteiger partial charge in [0.15, 0.2) is 0 Å². The lowest BCUT2D eigenvalue weighted by Gasteiger charge is -2.07. The maximum Gasteiger partial charge on any atom is 0.251 e. The summed E-state index contributed by atoms with van der Waals surface area (Å²) in [6.07, 6.45) is 5.81. The van der Waals surface area contributed by atoms with Crippen LogP contribution in [0.25, 0.3) is 0 Å². The molecule has 22 heavy (non-hydrogen) atoms. The van der Waals surface area contributed by atoms with Crippen molar-refractivity contribution >= 4 is 11.8 Å². The second-order valence-corrected chi connectivity index (χ2v) is 5.54. The molecule has 1 aromatic rings. The fraction of sp³-hybridized carbons (Fsp3) is 0.556. The lowest BCUT2D eigenvalue weighted by atomic mass is 10.1. The molecule has 0 bridgehead atoms. The smallest absolute Gasteiger partial charge is 0.251 e. The van der Waals surface area contributed by atoms with Crippen molar-refractivity contribution in [3.05, 3.63) is 35.4 Å². The zero-order chi connectivity index (χ0) is 16.2. The Morgan fingerprint density at radius 1 is 0.909 bits per heavy atom. The Kier molecular flexibility index (Phi) is 8.96. The lowest BCUT2D eigenvalue weighted by Crippen LogP contribution is -2.24. The van der Waals surface area contributed by atoms with Crippen LogP contribution in [-0.2, 0) is 11.3 Å². The summed E-state index contributed by atoms with van der Waals surface area (Å²) in [5.41, 5.74) is 1.67. The molecule has 0 fully saturated rings. The Bertz CT molecular complexity index is 455. The predicted molar refractivity (Wildman–Crippen MR) is 89.7 cm³/mol. The van der Waals surface area contributed by atoms with Crippen LogP contribution in [0.15, 0.2) is 24.3 Å². The van der Waals surface area contributed by atoms with Crippen LogP contribution in [0.1, 0.15) is 68.3 Å². The van der Waals surface area contributed by atoms with Gasteiger partial charge in [-0.3, -0.25) is 9.59 Å². The van der Waals surface area contributed by atoms with Gasteiger partial charge in [0.25, 0.3) is 5.91 Å². The molecule has 0 aliphatic rings. The summed E-state index contributed by atoms with van der Waals surface area (Å²) in [5, 5.41) is 5.80. The molecular weight excluding hydrogens is 276 g/mol. The van der Waals surface area contributed by atoms with E-state index in [0.717, 1.165) is 37.7 Å². The number of benzene rings is 1. The van der Waals surface area contributed by atoms with E-state index < -0.39 is 0 Å². The third-order valence-electron chi connectivity index (χ3n) is 3.53. The van der Waals surface area contributed by atoms with Crippen molar-refractivity contribution in [1.29, 1.82) is 0 Å². The quantitative estimate of drug-likeness (QED) is 0.651. The SMILES string of the molecule is CCCCCC(=O)NCc1ccc(C(=O)NCCCC)cc1. The van der Waals surface area contributed by atoms with Gasteiger partial charge >= 0.3 is 0 Å². The summed E-state index contributed by atoms with van der Waals surface area (Å²) in [6, 6.07) is 7.39. The van der Waals surface area contributed by atoms with Gasteiger partial charge in [-0.05, 0) is 30.5 Å². The van der Waals surface area contributed by atoms with Gasteiger partial charge in [-0.15, -0.1) is 0 Å². The maximum absolute atomic E-state index is 11.9. The highest BCUT2D eigenvalue weighted by Crippen LogP contribution is 2.05. The van der Waals surface area contributed by atoms with Gasteiger partial charge in [-0.25, -0.2) is 0 Å². The molecule has 0 heterocycles. The third-order valence-corrected chi connectivity index (χ3v) is 3.53. The van der Waals surface area contributed by atoms with Gasteiger partial charge in [-0.2, -0.15) is 0 Å². The minimum Gasteiger partial charge on any atom is -0.352 e. The number of unbranched alkanes of at least 4 members (excludes halogenated alkanes) is 3. The van der Waals surface area contributed by atoms with Gasteiger partial charge < -0.3 is 10.6 Å². The topological polar surface area (TPSA) is 58.2 Å². The van der Waals surface area contributed by atoms with Gasteiger partial charge in [-0.1, -0.05) is 45.2 Å². The third kappa shape index (κ3) is 7.25. The molecule has 0 spiro atoms. The van der Waals surface area contributed by atoms with Crippen molar-refractivity contribution in [2.75, 3.05) is 6.54 Å². The van der Waals surface area contributed by atoms with E-state index in [1.54, 1.807) is 12.1 Å². The Labute approximate surface area is 133 Å². The summed E-state index contributed by atoms with van der Waals surface area (Å²) in [4.78, 5) is 23.5. The van der Waals surface area contributed by atoms with E-state index in [9.17, 15) is 9.59 Å². The number of carbonyl (C=O) groups is 2. The van der Waals surface area contributed by atoms with E-state index in [1.165, 1.54) is 0 Å². The van der Waals surface area contributed by atoms with Gasteiger partial charge in [0.05, 0.1) is 0 Å². The Hall–Kier alpha value is -1.84. The molecule has 2 N–H and O–H groups in total. The minimum atomic E-state index is -0.0383. The highest BCUT2D eigenvalue weighted by Gasteiger charge is 2.05. The van der Waals surface area contributed by atoms with E-state index in [1.807, 2.05) is 12.1 Å². The van der Waals surface area contributed by atoms with Crippen molar-refractivity contribution in [2.24, 2.45) is 0 Å². The zero-order valence-electron chi connectivity index (χ0n) is 13.8. The van der Waals surface area contributed by atoms with Gasteiger partial charge in [0.1, 0.15) is 0 Å². The second kappa shape index (κ2) is 10.8. The van der Waals surface area contributed by atoms with Crippen LogP contribution < -0.4 is 10.6 Å². The van der Waals surface area contributed by atoms with Crippen molar-refractivity contribution in [1.82, 2.24) is 10.6 Å². The van der Waals surface area contributed by atoms with Crippen LogP contribution in [0.4, 0.5) is 0 Å². The summed E-state index contributed by atoms with van der Waals surface area (Å²) in [5.74, 6) is 0.0541. The summed E-state index contributed by atoms with van der Waals surface area (Å²) < 4.78 is 0. The Morgan fingerprint density at radius 2 is 1.59 bits per heavy atom. The largest absolute Gasteiger partial charge is 0.352 e. The molecule has 4 heteroatoms. The van der Waals surface area contributed by atoms with Crippen LogP contribution in [0, 0.1) is 0 Å². The molecule has 0 saturated heterocycles. The molecule has 4 nitrogen and oxygen atoms in total. The highest BCUT2D eigenvalue weighted by molar-refractivity contribution is 5.94. The molecule has 0 aliphatic carbocycles. The molecule has 2 amide bonds. The number of nitrogens with one attached hydrogen (secondary N) is 2. The van der Waals surface area contributed by atoms with Gasteiger partial charge in [0.2, 0.25) is 5.91 Å². The van der Waals surface area contributed by atoms with Crippen molar-refractivity contribution < 1.29 is 9.59 Å². The molecular formula is C18H28N2O2. The highest BCUT2D eigenvalue weighted by atomic mass is 16.2. The number of amides is 2. The first-order valence-corrected chi connectivity index (χ1v) is 8.31.